The molecule has 0 spiro atoms. The number of amides is 1. The third-order valence-corrected chi connectivity index (χ3v) is 7.64. The van der Waals surface area contributed by atoms with Gasteiger partial charge >= 0.3 is 0 Å². The second kappa shape index (κ2) is 9.96. The molecule has 1 saturated heterocycles. The quantitative estimate of drug-likeness (QED) is 0.705. The zero-order valence-electron chi connectivity index (χ0n) is 20.0. The van der Waals surface area contributed by atoms with E-state index in [4.69, 9.17) is 4.74 Å². The van der Waals surface area contributed by atoms with Crippen molar-refractivity contribution in [1.29, 1.82) is 0 Å². The molecule has 0 unspecified atom stereocenters. The number of nitrogens with zero attached hydrogens (tertiary/aromatic N) is 2. The number of hydrogen-bond donors (Lipinski definition) is 1. The van der Waals surface area contributed by atoms with E-state index in [9.17, 15) is 9.59 Å². The van der Waals surface area contributed by atoms with Crippen LogP contribution in [0.15, 0.2) is 48.5 Å². The molecule has 2 fully saturated rings. The van der Waals surface area contributed by atoms with E-state index in [0.29, 0.717) is 19.4 Å². The second-order valence-electron chi connectivity index (χ2n) is 9.88. The number of fused-ring (bicyclic) bond motifs is 3. The summed E-state index contributed by atoms with van der Waals surface area (Å²) in [4.78, 5) is 30.4. The Bertz CT molecular complexity index is 1040. The van der Waals surface area contributed by atoms with Crippen LogP contribution in [0.3, 0.4) is 0 Å². The summed E-state index contributed by atoms with van der Waals surface area (Å²) in [5.41, 5.74) is 3.35. The SMILES string of the molecule is Cc1ccc2c(c1)[C@]1(C)CCC(=O)[C@H](NC(=O)CCN3CCN(c4ccccc4)CC3)[C@@H]1O2.Cl. The third-order valence-electron chi connectivity index (χ3n) is 7.64. The van der Waals surface area contributed by atoms with E-state index < -0.39 is 6.04 Å². The molecular formula is C27H34ClN3O3. The zero-order chi connectivity index (χ0) is 23.0. The minimum absolute atomic E-state index is 0. The van der Waals surface area contributed by atoms with Crippen LogP contribution in [0, 0.1) is 6.92 Å². The highest BCUT2D eigenvalue weighted by atomic mass is 35.5. The first-order valence-corrected chi connectivity index (χ1v) is 12.1. The lowest BCUT2D eigenvalue weighted by atomic mass is 9.67. The molecule has 1 N–H and O–H groups in total. The fourth-order valence-electron chi connectivity index (χ4n) is 5.56. The number of rotatable bonds is 5. The predicted molar refractivity (Wildman–Crippen MR) is 136 cm³/mol. The van der Waals surface area contributed by atoms with Crippen molar-refractivity contribution < 1.29 is 14.3 Å². The summed E-state index contributed by atoms with van der Waals surface area (Å²) < 4.78 is 6.25. The van der Waals surface area contributed by atoms with E-state index >= 15 is 0 Å². The zero-order valence-corrected chi connectivity index (χ0v) is 20.8. The van der Waals surface area contributed by atoms with Gasteiger partial charge in [-0.15, -0.1) is 12.4 Å². The van der Waals surface area contributed by atoms with Crippen molar-refractivity contribution in [2.75, 3.05) is 37.6 Å². The maximum atomic E-state index is 12.8. The maximum Gasteiger partial charge on any atom is 0.221 e. The smallest absolute Gasteiger partial charge is 0.221 e. The number of Topliss-reactive ketones (excluding diaryl/α,β-unsaturated/α-hetero) is 1. The Balaban J connectivity index is 0.00000274. The minimum atomic E-state index is -0.584. The standard InChI is InChI=1S/C27H33N3O3.ClH/c1-19-8-9-23-21(18-19)27(2)12-10-22(31)25(26(27)33-23)28-24(32)11-13-29-14-16-30(17-15-29)20-6-4-3-5-7-20;/h3-9,18,25-26H,10-17H2,1-2H3,(H,28,32);1H/t25-,26-,27-;/m0./s1. The average Bonchev–Trinajstić information content (AvgIpc) is 3.13. The van der Waals surface area contributed by atoms with Crippen molar-refractivity contribution in [3.8, 4) is 5.75 Å². The molecule has 1 amide bonds. The van der Waals surface area contributed by atoms with Crippen molar-refractivity contribution in [2.24, 2.45) is 0 Å². The van der Waals surface area contributed by atoms with Gasteiger partial charge in [0.2, 0.25) is 5.91 Å². The molecule has 6 nitrogen and oxygen atoms in total. The lowest BCUT2D eigenvalue weighted by Crippen LogP contribution is -2.59. The van der Waals surface area contributed by atoms with Gasteiger partial charge < -0.3 is 15.0 Å². The van der Waals surface area contributed by atoms with Crippen LogP contribution in [0.2, 0.25) is 0 Å². The van der Waals surface area contributed by atoms with Crippen molar-refractivity contribution in [3.63, 3.8) is 0 Å². The third kappa shape index (κ3) is 4.66. The van der Waals surface area contributed by atoms with Gasteiger partial charge in [0.05, 0.1) is 0 Å². The molecule has 0 bridgehead atoms. The first-order chi connectivity index (χ1) is 15.9. The molecule has 2 aliphatic heterocycles. The first-order valence-electron chi connectivity index (χ1n) is 12.1. The summed E-state index contributed by atoms with van der Waals surface area (Å²) in [6, 6.07) is 16.1. The summed E-state index contributed by atoms with van der Waals surface area (Å²) >= 11 is 0. The van der Waals surface area contributed by atoms with Gasteiger partial charge in [0.1, 0.15) is 17.9 Å². The number of ether oxygens (including phenoxy) is 1. The Morgan fingerprint density at radius 3 is 2.59 bits per heavy atom. The number of carbonyl (C=O) groups is 2. The summed E-state index contributed by atoms with van der Waals surface area (Å²) in [7, 11) is 0. The highest BCUT2D eigenvalue weighted by Gasteiger charge is 2.54. The molecule has 34 heavy (non-hydrogen) atoms. The highest BCUT2D eigenvalue weighted by Crippen LogP contribution is 2.49. The van der Waals surface area contributed by atoms with E-state index in [1.807, 2.05) is 18.2 Å². The molecule has 3 aliphatic rings. The van der Waals surface area contributed by atoms with Gasteiger partial charge in [0.15, 0.2) is 5.78 Å². The van der Waals surface area contributed by atoms with Crippen LogP contribution in [0.5, 0.6) is 5.75 Å². The van der Waals surface area contributed by atoms with Crippen LogP contribution in [-0.2, 0) is 15.0 Å². The van der Waals surface area contributed by atoms with Crippen molar-refractivity contribution in [3.05, 3.63) is 59.7 Å². The van der Waals surface area contributed by atoms with Gasteiger partial charge in [0.25, 0.3) is 0 Å². The normalized spacial score (nSPS) is 26.2. The van der Waals surface area contributed by atoms with Crippen molar-refractivity contribution >= 4 is 29.8 Å². The number of halogens is 1. The van der Waals surface area contributed by atoms with Gasteiger partial charge in [-0.25, -0.2) is 0 Å². The van der Waals surface area contributed by atoms with E-state index in [2.05, 4.69) is 59.3 Å². The van der Waals surface area contributed by atoms with Gasteiger partial charge in [-0.2, -0.15) is 0 Å². The Hall–Kier alpha value is -2.57. The van der Waals surface area contributed by atoms with Crippen molar-refractivity contribution in [1.82, 2.24) is 10.2 Å². The van der Waals surface area contributed by atoms with E-state index in [1.165, 1.54) is 11.3 Å². The highest BCUT2D eigenvalue weighted by molar-refractivity contribution is 5.91. The lowest BCUT2D eigenvalue weighted by Gasteiger charge is -2.39. The average molecular weight is 484 g/mol. The van der Waals surface area contributed by atoms with Gasteiger partial charge in [-0.3, -0.25) is 14.5 Å². The molecule has 0 aromatic heterocycles. The molecule has 5 rings (SSSR count). The fourth-order valence-corrected chi connectivity index (χ4v) is 5.56. The van der Waals surface area contributed by atoms with Crippen LogP contribution < -0.4 is 15.0 Å². The van der Waals surface area contributed by atoms with Crippen molar-refractivity contribution in [2.45, 2.75) is 50.7 Å². The van der Waals surface area contributed by atoms with Crippen LogP contribution in [0.1, 0.15) is 37.3 Å². The number of benzene rings is 2. The maximum absolute atomic E-state index is 12.8. The largest absolute Gasteiger partial charge is 0.487 e. The van der Waals surface area contributed by atoms with E-state index in [0.717, 1.165) is 43.9 Å². The monoisotopic (exact) mass is 483 g/mol. The van der Waals surface area contributed by atoms with Gasteiger partial charge in [-0.05, 0) is 31.5 Å². The number of aryl methyl sites for hydroxylation is 1. The summed E-state index contributed by atoms with van der Waals surface area (Å²) in [6.45, 7) is 8.73. The summed E-state index contributed by atoms with van der Waals surface area (Å²) in [5, 5.41) is 3.04. The van der Waals surface area contributed by atoms with Crippen LogP contribution in [0.4, 0.5) is 5.69 Å². The molecule has 2 aromatic carbocycles. The van der Waals surface area contributed by atoms with Gasteiger partial charge in [0, 0.05) is 62.2 Å². The molecule has 2 heterocycles. The van der Waals surface area contributed by atoms with Crippen LogP contribution in [-0.4, -0.2) is 61.5 Å². The predicted octanol–water partition coefficient (Wildman–Crippen LogP) is 3.50. The Kier molecular flexibility index (Phi) is 7.20. The van der Waals surface area contributed by atoms with Crippen LogP contribution >= 0.6 is 12.4 Å². The molecule has 0 radical (unpaired) electrons. The van der Waals surface area contributed by atoms with E-state index in [-0.39, 0.29) is 35.6 Å². The number of nitrogens with one attached hydrogen (secondary N) is 1. The first kappa shape index (κ1) is 24.6. The Morgan fingerprint density at radius 1 is 1.12 bits per heavy atom. The topological polar surface area (TPSA) is 61.9 Å². The number of carbonyl (C=O) groups excluding carboxylic acids is 2. The number of anilines is 1. The molecule has 7 heteroatoms. The number of piperazine rings is 1. The Morgan fingerprint density at radius 2 is 1.85 bits per heavy atom. The van der Waals surface area contributed by atoms with Crippen LogP contribution in [0.25, 0.3) is 0 Å². The molecule has 1 aliphatic carbocycles. The summed E-state index contributed by atoms with van der Waals surface area (Å²) in [5.74, 6) is 0.851. The molecule has 3 atom stereocenters. The second-order valence-corrected chi connectivity index (χ2v) is 9.88. The number of para-hydroxylation sites is 1. The molecular weight excluding hydrogens is 450 g/mol. The summed E-state index contributed by atoms with van der Waals surface area (Å²) in [6.07, 6.45) is 1.28. The lowest BCUT2D eigenvalue weighted by molar-refractivity contribution is -0.133. The number of hydrogen-bond acceptors (Lipinski definition) is 5. The molecule has 2 aromatic rings. The fraction of sp³-hybridized carbons (Fsp3) is 0.481. The van der Waals surface area contributed by atoms with Gasteiger partial charge in [-0.1, -0.05) is 42.8 Å². The van der Waals surface area contributed by atoms with E-state index in [1.54, 1.807) is 0 Å². The molecule has 182 valence electrons. The number of ketones is 1. The molecule has 1 saturated carbocycles. The Labute approximate surface area is 208 Å². The minimum Gasteiger partial charge on any atom is -0.487 e.